The molecule has 0 aliphatic rings. The maximum Gasteiger partial charge on any atom is 0.128 e. The van der Waals surface area contributed by atoms with Gasteiger partial charge in [-0.25, -0.2) is 0 Å². The molecule has 0 amide bonds. The number of benzene rings is 1. The SMILES string of the molecule is CCc1c(-c2cc(Cl)cc(Cl)c2)sc(C#N)c1N. The number of rotatable bonds is 2. The summed E-state index contributed by atoms with van der Waals surface area (Å²) >= 11 is 13.4. The molecule has 0 saturated heterocycles. The maximum atomic E-state index is 9.04. The van der Waals surface area contributed by atoms with Crippen molar-refractivity contribution in [3.05, 3.63) is 38.7 Å². The third-order valence-electron chi connectivity index (χ3n) is 2.63. The summed E-state index contributed by atoms with van der Waals surface area (Å²) in [6.07, 6.45) is 0.767. The highest BCUT2D eigenvalue weighted by atomic mass is 35.5. The summed E-state index contributed by atoms with van der Waals surface area (Å²) in [5, 5.41) is 10.2. The van der Waals surface area contributed by atoms with E-state index in [2.05, 4.69) is 6.07 Å². The van der Waals surface area contributed by atoms with E-state index in [9.17, 15) is 0 Å². The zero-order valence-corrected chi connectivity index (χ0v) is 12.0. The summed E-state index contributed by atoms with van der Waals surface area (Å²) in [5.41, 5.74) is 8.41. The summed E-state index contributed by atoms with van der Waals surface area (Å²) in [4.78, 5) is 1.51. The second-order valence-electron chi connectivity index (χ2n) is 3.78. The van der Waals surface area contributed by atoms with Gasteiger partial charge in [0.2, 0.25) is 0 Å². The minimum atomic E-state index is 0.540. The molecule has 1 heterocycles. The monoisotopic (exact) mass is 296 g/mol. The van der Waals surface area contributed by atoms with Crippen molar-refractivity contribution >= 4 is 40.2 Å². The zero-order valence-electron chi connectivity index (χ0n) is 9.63. The van der Waals surface area contributed by atoms with Crippen molar-refractivity contribution in [3.8, 4) is 16.5 Å². The molecule has 18 heavy (non-hydrogen) atoms. The van der Waals surface area contributed by atoms with E-state index in [1.165, 1.54) is 11.3 Å². The quantitative estimate of drug-likeness (QED) is 0.870. The van der Waals surface area contributed by atoms with Crippen LogP contribution >= 0.6 is 34.5 Å². The number of hydrogen-bond donors (Lipinski definition) is 1. The molecule has 0 aliphatic carbocycles. The number of nitrogens with zero attached hydrogens (tertiary/aromatic N) is 1. The minimum absolute atomic E-state index is 0.540. The molecule has 2 nitrogen and oxygen atoms in total. The second kappa shape index (κ2) is 5.19. The van der Waals surface area contributed by atoms with Crippen molar-refractivity contribution in [2.75, 3.05) is 5.73 Å². The van der Waals surface area contributed by atoms with E-state index >= 15 is 0 Å². The number of halogens is 2. The van der Waals surface area contributed by atoms with Gasteiger partial charge in [0.15, 0.2) is 0 Å². The van der Waals surface area contributed by atoms with Crippen LogP contribution in [0.2, 0.25) is 10.0 Å². The molecule has 1 aromatic heterocycles. The van der Waals surface area contributed by atoms with Gasteiger partial charge in [-0.2, -0.15) is 5.26 Å². The predicted molar refractivity (Wildman–Crippen MR) is 78.3 cm³/mol. The fourth-order valence-corrected chi connectivity index (χ4v) is 3.45. The van der Waals surface area contributed by atoms with E-state index in [-0.39, 0.29) is 0 Å². The first-order valence-electron chi connectivity index (χ1n) is 5.34. The average molecular weight is 297 g/mol. The summed E-state index contributed by atoms with van der Waals surface area (Å²) in [6.45, 7) is 2.01. The number of anilines is 1. The van der Waals surface area contributed by atoms with E-state index in [1.807, 2.05) is 19.1 Å². The Hall–Kier alpha value is -1.21. The Morgan fingerprint density at radius 3 is 2.39 bits per heavy atom. The number of hydrogen-bond acceptors (Lipinski definition) is 3. The van der Waals surface area contributed by atoms with Gasteiger partial charge >= 0.3 is 0 Å². The van der Waals surface area contributed by atoms with Crippen molar-refractivity contribution in [1.82, 2.24) is 0 Å². The lowest BCUT2D eigenvalue weighted by molar-refractivity contribution is 1.16. The number of nitrogen functional groups attached to an aromatic ring is 1. The Morgan fingerprint density at radius 2 is 1.89 bits per heavy atom. The lowest BCUT2D eigenvalue weighted by atomic mass is 10.1. The molecule has 0 aliphatic heterocycles. The summed E-state index contributed by atoms with van der Waals surface area (Å²) in [7, 11) is 0. The molecule has 2 aromatic rings. The highest BCUT2D eigenvalue weighted by molar-refractivity contribution is 7.16. The van der Waals surface area contributed by atoms with Gasteiger partial charge in [0.25, 0.3) is 0 Å². The van der Waals surface area contributed by atoms with Gasteiger partial charge < -0.3 is 5.73 Å². The molecule has 0 radical (unpaired) electrons. The third-order valence-corrected chi connectivity index (χ3v) is 4.27. The largest absolute Gasteiger partial charge is 0.397 e. The predicted octanol–water partition coefficient (Wildman–Crippen LogP) is 4.74. The second-order valence-corrected chi connectivity index (χ2v) is 5.67. The topological polar surface area (TPSA) is 49.8 Å². The van der Waals surface area contributed by atoms with Gasteiger partial charge in [-0.3, -0.25) is 0 Å². The van der Waals surface area contributed by atoms with Crippen LogP contribution in [0, 0.1) is 11.3 Å². The van der Waals surface area contributed by atoms with Crippen LogP contribution in [0.4, 0.5) is 5.69 Å². The number of nitriles is 1. The number of nitrogens with two attached hydrogens (primary N) is 1. The van der Waals surface area contributed by atoms with Crippen LogP contribution in [0.5, 0.6) is 0 Å². The molecule has 0 spiro atoms. The first-order valence-corrected chi connectivity index (χ1v) is 6.91. The molecule has 5 heteroatoms. The lowest BCUT2D eigenvalue weighted by Gasteiger charge is -2.04. The van der Waals surface area contributed by atoms with Gasteiger partial charge in [0.1, 0.15) is 10.9 Å². The smallest absolute Gasteiger partial charge is 0.128 e. The Balaban J connectivity index is 2.67. The van der Waals surface area contributed by atoms with Crippen LogP contribution in [0.3, 0.4) is 0 Å². The molecule has 2 rings (SSSR count). The van der Waals surface area contributed by atoms with Crippen molar-refractivity contribution in [1.29, 1.82) is 5.26 Å². The van der Waals surface area contributed by atoms with Crippen LogP contribution in [-0.2, 0) is 6.42 Å². The highest BCUT2D eigenvalue weighted by Crippen LogP contribution is 2.40. The van der Waals surface area contributed by atoms with Crippen LogP contribution in [0.1, 0.15) is 17.4 Å². The first kappa shape index (κ1) is 13.2. The van der Waals surface area contributed by atoms with Crippen LogP contribution in [0.15, 0.2) is 18.2 Å². The Kier molecular flexibility index (Phi) is 3.82. The fourth-order valence-electron chi connectivity index (χ4n) is 1.83. The van der Waals surface area contributed by atoms with Crippen molar-refractivity contribution in [2.24, 2.45) is 0 Å². The maximum absolute atomic E-state index is 9.04. The van der Waals surface area contributed by atoms with Crippen molar-refractivity contribution in [3.63, 3.8) is 0 Å². The van der Waals surface area contributed by atoms with Gasteiger partial charge in [0, 0.05) is 14.9 Å². The Labute approximate surface area is 120 Å². The van der Waals surface area contributed by atoms with Crippen molar-refractivity contribution < 1.29 is 0 Å². The molecule has 0 saturated carbocycles. The Bertz CT molecular complexity index is 621. The average Bonchev–Trinajstić information content (AvgIpc) is 2.64. The van der Waals surface area contributed by atoms with E-state index in [1.54, 1.807) is 6.07 Å². The molecule has 0 bridgehead atoms. The molecule has 92 valence electrons. The molecule has 0 atom stereocenters. The summed E-state index contributed by atoms with van der Waals surface area (Å²) in [6, 6.07) is 7.46. The molecular formula is C13H10Cl2N2S. The highest BCUT2D eigenvalue weighted by Gasteiger charge is 2.16. The van der Waals surface area contributed by atoms with Gasteiger partial charge in [-0.1, -0.05) is 30.1 Å². The van der Waals surface area contributed by atoms with Crippen LogP contribution in [0.25, 0.3) is 10.4 Å². The third kappa shape index (κ3) is 2.32. The van der Waals surface area contributed by atoms with Crippen molar-refractivity contribution in [2.45, 2.75) is 13.3 Å². The molecule has 1 aromatic carbocycles. The Morgan fingerprint density at radius 1 is 1.28 bits per heavy atom. The molecule has 0 unspecified atom stereocenters. The zero-order chi connectivity index (χ0) is 13.3. The first-order chi connectivity index (χ1) is 8.56. The van der Waals surface area contributed by atoms with Crippen LogP contribution < -0.4 is 5.73 Å². The van der Waals surface area contributed by atoms with E-state index < -0.39 is 0 Å². The fraction of sp³-hybridized carbons (Fsp3) is 0.154. The molecule has 0 fully saturated rings. The lowest BCUT2D eigenvalue weighted by Crippen LogP contribution is -1.91. The number of thiophene rings is 1. The minimum Gasteiger partial charge on any atom is -0.397 e. The molecule has 2 N–H and O–H groups in total. The van der Waals surface area contributed by atoms with Gasteiger partial charge in [0.05, 0.1) is 5.69 Å². The van der Waals surface area contributed by atoms with Gasteiger partial charge in [-0.05, 0) is 35.7 Å². The van der Waals surface area contributed by atoms with Gasteiger partial charge in [-0.15, -0.1) is 11.3 Å². The van der Waals surface area contributed by atoms with E-state index in [4.69, 9.17) is 34.2 Å². The normalized spacial score (nSPS) is 10.3. The summed E-state index contributed by atoms with van der Waals surface area (Å²) < 4.78 is 0. The standard InChI is InChI=1S/C13H10Cl2N2S/c1-2-10-12(17)11(6-16)18-13(10)7-3-8(14)5-9(15)4-7/h3-5H,2,17H2,1H3. The molecular weight excluding hydrogens is 287 g/mol. The van der Waals surface area contributed by atoms with Crippen LogP contribution in [-0.4, -0.2) is 0 Å². The van der Waals surface area contributed by atoms with E-state index in [0.29, 0.717) is 20.6 Å². The van der Waals surface area contributed by atoms with E-state index in [0.717, 1.165) is 22.4 Å². The summed E-state index contributed by atoms with van der Waals surface area (Å²) in [5.74, 6) is 0.